The second kappa shape index (κ2) is 11.4. The first-order valence-corrected chi connectivity index (χ1v) is 19.1. The smallest absolute Gasteiger partial charge is 0.386 e. The number of nitrogens with zero attached hydrogens (tertiary/aromatic N) is 7. The van der Waals surface area contributed by atoms with E-state index >= 15 is 0 Å². The third kappa shape index (κ3) is 5.42. The zero-order chi connectivity index (χ0) is 31.0. The van der Waals surface area contributed by atoms with Gasteiger partial charge in [-0.2, -0.15) is 0 Å². The van der Waals surface area contributed by atoms with Gasteiger partial charge in [-0.05, 0) is 11.8 Å². The molecule has 5 N–H and O–H groups in total. The van der Waals surface area contributed by atoms with Crippen LogP contribution in [0, 0.1) is 0 Å². The Labute approximate surface area is 261 Å². The van der Waals surface area contributed by atoms with Crippen molar-refractivity contribution in [2.75, 3.05) is 18.9 Å². The molecule has 2 unspecified atom stereocenters. The summed E-state index contributed by atoms with van der Waals surface area (Å²) in [5.41, 5.74) is 6.21. The third-order valence-electron chi connectivity index (χ3n) is 7.34. The molecule has 236 valence electrons. The topological polar surface area (TPSA) is 233 Å². The molecule has 23 heteroatoms. The molecule has 0 radical (unpaired) electrons. The first kappa shape index (κ1) is 30.7. The van der Waals surface area contributed by atoms with Crippen LogP contribution in [0.25, 0.3) is 16.9 Å². The fourth-order valence-electron chi connectivity index (χ4n) is 5.32. The minimum Gasteiger partial charge on any atom is -0.387 e. The van der Waals surface area contributed by atoms with Gasteiger partial charge in [0.1, 0.15) is 47.7 Å². The van der Waals surface area contributed by atoms with Crippen molar-refractivity contribution in [3.8, 4) is 0 Å². The van der Waals surface area contributed by atoms with Gasteiger partial charge in [0, 0.05) is 24.7 Å². The van der Waals surface area contributed by atoms with Gasteiger partial charge in [-0.3, -0.25) is 31.9 Å². The molecule has 44 heavy (non-hydrogen) atoms. The van der Waals surface area contributed by atoms with Gasteiger partial charge in [0.05, 0.1) is 24.8 Å². The molecule has 2 bridgehead atoms. The summed E-state index contributed by atoms with van der Waals surface area (Å²) in [6.45, 7) is -9.17. The average Bonchev–Trinajstić information content (AvgIpc) is 3.75. The number of nitrogen functional groups attached to an aromatic ring is 1. The van der Waals surface area contributed by atoms with E-state index in [0.29, 0.717) is 11.2 Å². The molecule has 7 heterocycles. The highest BCUT2D eigenvalue weighted by molar-refractivity contribution is 8.44. The molecule has 3 fully saturated rings. The van der Waals surface area contributed by atoms with E-state index in [2.05, 4.69) is 32.2 Å². The number of rotatable bonds is 2. The Bertz CT molecular complexity index is 1890. The number of thioether (sulfide) groups is 1. The first-order valence-electron chi connectivity index (χ1n) is 12.9. The van der Waals surface area contributed by atoms with E-state index < -0.39 is 67.5 Å². The summed E-state index contributed by atoms with van der Waals surface area (Å²) in [4.78, 5) is 40.0. The number of imidazole rings is 2. The molecule has 7 rings (SSSR count). The number of nitrogens with two attached hydrogens (primary N) is 1. The molecular weight excluding hydrogens is 682 g/mol. The second-order valence-corrected chi connectivity index (χ2v) is 17.0. The van der Waals surface area contributed by atoms with Crippen LogP contribution in [0.1, 0.15) is 11.6 Å². The SMILES string of the molecule is Nc1ncnc2c1ncn2[C@@H]1S[C@@H]2COP(O)(=S)O[C@@H]3[C@H](O)[C@@H](COP(=O)(S)O[C@H]2[C@H]1O)O[C@H]3n1ccc(=O)n2ccnc12. The van der Waals surface area contributed by atoms with Gasteiger partial charge in [-0.1, -0.05) is 12.2 Å². The molecular formula is C21H24N8O10P2S3. The van der Waals surface area contributed by atoms with E-state index in [1.54, 1.807) is 4.57 Å². The van der Waals surface area contributed by atoms with Crippen molar-refractivity contribution >= 4 is 72.1 Å². The Kier molecular flexibility index (Phi) is 7.93. The Hall–Kier alpha value is -1.97. The molecule has 3 saturated heterocycles. The van der Waals surface area contributed by atoms with Crippen LogP contribution in [0.5, 0.6) is 0 Å². The fraction of sp³-hybridized carbons (Fsp3) is 0.476. The number of aliphatic hydroxyl groups is 2. The number of hydrogen-bond acceptors (Lipinski definition) is 16. The minimum atomic E-state index is -4.22. The fourth-order valence-corrected chi connectivity index (χ4v) is 9.91. The highest BCUT2D eigenvalue weighted by Crippen LogP contribution is 2.60. The Balaban J connectivity index is 1.21. The van der Waals surface area contributed by atoms with Crippen LogP contribution < -0.4 is 11.3 Å². The maximum atomic E-state index is 13.4. The zero-order valence-corrected chi connectivity index (χ0v) is 26.4. The van der Waals surface area contributed by atoms with Crippen LogP contribution >= 0.6 is 37.5 Å². The lowest BCUT2D eigenvalue weighted by Crippen LogP contribution is -2.35. The molecule has 0 spiro atoms. The normalized spacial score (nSPS) is 38.3. The van der Waals surface area contributed by atoms with Crippen molar-refractivity contribution in [3.05, 3.63) is 47.7 Å². The number of aliphatic hydroxyl groups excluding tert-OH is 2. The number of fused-ring (bicyclic) bond motifs is 5. The van der Waals surface area contributed by atoms with Crippen molar-refractivity contribution in [1.82, 2.24) is 33.5 Å². The van der Waals surface area contributed by atoms with Crippen molar-refractivity contribution in [3.63, 3.8) is 0 Å². The van der Waals surface area contributed by atoms with Crippen LogP contribution in [-0.2, 0) is 39.2 Å². The number of aromatic nitrogens is 7. The first-order chi connectivity index (χ1) is 20.9. The Morgan fingerprint density at radius 3 is 2.70 bits per heavy atom. The van der Waals surface area contributed by atoms with Crippen molar-refractivity contribution in [2.45, 2.75) is 47.4 Å². The lowest BCUT2D eigenvalue weighted by molar-refractivity contribution is -0.0514. The maximum absolute atomic E-state index is 13.4. The zero-order valence-electron chi connectivity index (χ0n) is 22.1. The van der Waals surface area contributed by atoms with Crippen molar-refractivity contribution < 1.29 is 42.5 Å². The largest absolute Gasteiger partial charge is 0.387 e. The van der Waals surface area contributed by atoms with E-state index in [9.17, 15) is 24.5 Å². The van der Waals surface area contributed by atoms with Gasteiger partial charge in [0.15, 0.2) is 17.7 Å². The van der Waals surface area contributed by atoms with Crippen LogP contribution in [0.4, 0.5) is 5.82 Å². The molecule has 18 nitrogen and oxygen atoms in total. The summed E-state index contributed by atoms with van der Waals surface area (Å²) in [6.07, 6.45) is -0.780. The van der Waals surface area contributed by atoms with E-state index in [1.165, 1.54) is 46.3 Å². The summed E-state index contributed by atoms with van der Waals surface area (Å²) < 4.78 is 46.5. The van der Waals surface area contributed by atoms with Gasteiger partial charge >= 0.3 is 13.5 Å². The minimum absolute atomic E-state index is 0.146. The quantitative estimate of drug-likeness (QED) is 0.139. The number of hydrogen-bond donors (Lipinski definition) is 5. The molecule has 0 amide bonds. The van der Waals surface area contributed by atoms with Crippen molar-refractivity contribution in [2.24, 2.45) is 0 Å². The summed E-state index contributed by atoms with van der Waals surface area (Å²) in [5.74, 6) is 0.304. The van der Waals surface area contributed by atoms with Crippen molar-refractivity contribution in [1.29, 1.82) is 0 Å². The average molecular weight is 707 g/mol. The highest BCUT2D eigenvalue weighted by atomic mass is 32.7. The lowest BCUT2D eigenvalue weighted by atomic mass is 10.1. The summed E-state index contributed by atoms with van der Waals surface area (Å²) in [6, 6.07) is 1.26. The number of ether oxygens (including phenoxy) is 1. The predicted molar refractivity (Wildman–Crippen MR) is 160 cm³/mol. The molecule has 3 aliphatic rings. The summed E-state index contributed by atoms with van der Waals surface area (Å²) in [7, 11) is 0. The predicted octanol–water partition coefficient (Wildman–Crippen LogP) is 0.223. The molecule has 3 aliphatic heterocycles. The van der Waals surface area contributed by atoms with Crippen LogP contribution in [0.15, 0.2) is 42.1 Å². The van der Waals surface area contributed by atoms with Gasteiger partial charge in [-0.25, -0.2) is 24.5 Å². The Morgan fingerprint density at radius 1 is 1.07 bits per heavy atom. The van der Waals surface area contributed by atoms with Crippen LogP contribution in [-0.4, -0.2) is 97.6 Å². The summed E-state index contributed by atoms with van der Waals surface area (Å²) in [5, 5.41) is 21.0. The second-order valence-electron chi connectivity index (χ2n) is 10.0. The van der Waals surface area contributed by atoms with E-state index in [4.69, 9.17) is 40.4 Å². The standard InChI is InChI=1S/C21H24N8O10P2S3/c22-17-12-18(25-7-24-17)29(8-26-12)20-14(32)15-10(44-20)6-36-41(34,43)39-16-13(31)9(5-35-40(33,42)38-15)37-19(16)28-3-1-11(30)27-4-2-23-21(27)28/h1-4,7-10,13-16,19-20,31-32H,5-6H2,(H,33,42)(H,34,43)(H2,22,24,25)/t9-,10-,13-,14-,15-,16-,19-,20-,40?,41?/m1/s1. The molecule has 0 aromatic carbocycles. The van der Waals surface area contributed by atoms with E-state index in [1.807, 2.05) is 0 Å². The van der Waals surface area contributed by atoms with Gasteiger partial charge in [0.25, 0.3) is 5.56 Å². The molecule has 4 aromatic rings. The molecule has 0 aliphatic carbocycles. The number of anilines is 1. The monoisotopic (exact) mass is 706 g/mol. The maximum Gasteiger partial charge on any atom is 0.386 e. The van der Waals surface area contributed by atoms with Gasteiger partial charge < -0.3 is 30.1 Å². The van der Waals surface area contributed by atoms with E-state index in [-0.39, 0.29) is 23.8 Å². The molecule has 0 saturated carbocycles. The van der Waals surface area contributed by atoms with Crippen LogP contribution in [0.3, 0.4) is 0 Å². The molecule has 4 aromatic heterocycles. The Morgan fingerprint density at radius 2 is 1.89 bits per heavy atom. The molecule has 10 atom stereocenters. The van der Waals surface area contributed by atoms with Gasteiger partial charge in [-0.15, -0.1) is 11.8 Å². The van der Waals surface area contributed by atoms with Crippen LogP contribution in [0.2, 0.25) is 0 Å². The lowest BCUT2D eigenvalue weighted by Gasteiger charge is -2.28. The summed E-state index contributed by atoms with van der Waals surface area (Å²) >= 11 is 10.6. The number of thiol groups is 1. The third-order valence-corrected chi connectivity index (χ3v) is 12.1. The van der Waals surface area contributed by atoms with Gasteiger partial charge in [0.2, 0.25) is 5.78 Å². The highest BCUT2D eigenvalue weighted by Gasteiger charge is 2.52. The van der Waals surface area contributed by atoms with E-state index in [0.717, 1.165) is 11.8 Å².